The molecular weight excluding hydrogens is 468 g/mol. The lowest BCUT2D eigenvalue weighted by molar-refractivity contribution is -0.368. The molecule has 3 aromatic rings. The molecule has 0 amide bonds. The molecule has 6 heteroatoms. The molecule has 2 aliphatic rings. The van der Waals surface area contributed by atoms with Gasteiger partial charge in [-0.1, -0.05) is 91.0 Å². The van der Waals surface area contributed by atoms with Crippen molar-refractivity contribution in [1.29, 1.82) is 0 Å². The van der Waals surface area contributed by atoms with Gasteiger partial charge in [0.2, 0.25) is 0 Å². The average Bonchev–Trinajstić information content (AvgIpc) is 3.08. The summed E-state index contributed by atoms with van der Waals surface area (Å²) in [4.78, 5) is 11.5. The second-order valence-corrected chi connectivity index (χ2v) is 9.67. The molecule has 1 aliphatic carbocycles. The number of benzene rings is 3. The number of esters is 1. The standard InChI is InChI=1S/C31H34O6/c1-23(32)33-18-17-27-29(34-19-24-11-5-2-6-12-24)30(35-20-25-13-7-3-8-14-25)28-22-37-31(27,28)36-21-26-15-9-4-10-16-26/h2-16,27-30H,17-22H2,1H3. The smallest absolute Gasteiger partial charge is 0.302 e. The maximum Gasteiger partial charge on any atom is 0.302 e. The number of hydrogen-bond acceptors (Lipinski definition) is 6. The van der Waals surface area contributed by atoms with Crippen LogP contribution in [0, 0.1) is 11.8 Å². The summed E-state index contributed by atoms with van der Waals surface area (Å²) in [5.41, 5.74) is 3.26. The zero-order valence-electron chi connectivity index (χ0n) is 21.2. The number of rotatable bonds is 12. The molecule has 1 heterocycles. The van der Waals surface area contributed by atoms with Gasteiger partial charge in [-0.2, -0.15) is 0 Å². The van der Waals surface area contributed by atoms with Crippen molar-refractivity contribution >= 4 is 5.97 Å². The summed E-state index contributed by atoms with van der Waals surface area (Å²) in [5, 5.41) is 0. The van der Waals surface area contributed by atoms with Gasteiger partial charge in [0.25, 0.3) is 0 Å². The number of hydrogen-bond donors (Lipinski definition) is 0. The summed E-state index contributed by atoms with van der Waals surface area (Å²) in [6.07, 6.45) is 0.0359. The maximum atomic E-state index is 11.5. The van der Waals surface area contributed by atoms with E-state index in [1.165, 1.54) is 6.92 Å². The van der Waals surface area contributed by atoms with E-state index in [9.17, 15) is 4.79 Å². The number of ether oxygens (including phenoxy) is 5. The van der Waals surface area contributed by atoms with Gasteiger partial charge < -0.3 is 23.7 Å². The van der Waals surface area contributed by atoms with E-state index in [1.807, 2.05) is 66.7 Å². The van der Waals surface area contributed by atoms with E-state index in [2.05, 4.69) is 24.3 Å². The molecule has 3 aromatic carbocycles. The fourth-order valence-corrected chi connectivity index (χ4v) is 5.41. The highest BCUT2D eigenvalue weighted by Crippen LogP contribution is 2.55. The Hall–Kier alpha value is -3.03. The van der Waals surface area contributed by atoms with Crippen molar-refractivity contribution in [3.8, 4) is 0 Å². The van der Waals surface area contributed by atoms with Crippen LogP contribution in [-0.4, -0.2) is 37.2 Å². The van der Waals surface area contributed by atoms with E-state index in [0.717, 1.165) is 16.7 Å². The van der Waals surface area contributed by atoms with Gasteiger partial charge in [0.05, 0.1) is 51.2 Å². The predicted molar refractivity (Wildman–Crippen MR) is 138 cm³/mol. The van der Waals surface area contributed by atoms with Crippen LogP contribution < -0.4 is 0 Å². The van der Waals surface area contributed by atoms with E-state index >= 15 is 0 Å². The van der Waals surface area contributed by atoms with E-state index in [-0.39, 0.29) is 36.6 Å². The molecule has 2 fully saturated rings. The Morgan fingerprint density at radius 2 is 1.30 bits per heavy atom. The summed E-state index contributed by atoms with van der Waals surface area (Å²) in [6, 6.07) is 30.3. The number of fused-ring (bicyclic) bond motifs is 1. The fourth-order valence-electron chi connectivity index (χ4n) is 5.41. The highest BCUT2D eigenvalue weighted by atomic mass is 16.7. The molecule has 6 nitrogen and oxygen atoms in total. The summed E-state index contributed by atoms with van der Waals surface area (Å²) in [5.74, 6) is -1.33. The summed E-state index contributed by atoms with van der Waals surface area (Å²) >= 11 is 0. The third kappa shape index (κ3) is 5.94. The molecule has 194 valence electrons. The first kappa shape index (κ1) is 25.6. The summed E-state index contributed by atoms with van der Waals surface area (Å²) in [7, 11) is 0. The zero-order valence-corrected chi connectivity index (χ0v) is 21.2. The first-order valence-electron chi connectivity index (χ1n) is 12.9. The minimum absolute atomic E-state index is 0.00280. The van der Waals surface area contributed by atoms with Crippen molar-refractivity contribution in [2.75, 3.05) is 13.2 Å². The minimum atomic E-state index is -0.862. The van der Waals surface area contributed by atoms with Crippen LogP contribution >= 0.6 is 0 Å². The maximum absolute atomic E-state index is 11.5. The van der Waals surface area contributed by atoms with Crippen molar-refractivity contribution < 1.29 is 28.5 Å². The topological polar surface area (TPSA) is 63.2 Å². The molecule has 5 rings (SSSR count). The van der Waals surface area contributed by atoms with E-state index in [4.69, 9.17) is 23.7 Å². The minimum Gasteiger partial charge on any atom is -0.466 e. The molecule has 0 radical (unpaired) electrons. The van der Waals surface area contributed by atoms with Crippen LogP contribution in [0.1, 0.15) is 30.0 Å². The molecule has 0 bridgehead atoms. The van der Waals surface area contributed by atoms with Crippen LogP contribution in [0.5, 0.6) is 0 Å². The Morgan fingerprint density at radius 3 is 1.78 bits per heavy atom. The molecule has 0 spiro atoms. The Bertz CT molecular complexity index is 1120. The van der Waals surface area contributed by atoms with Crippen LogP contribution in [0.4, 0.5) is 0 Å². The van der Waals surface area contributed by atoms with Gasteiger partial charge in [0.1, 0.15) is 0 Å². The largest absolute Gasteiger partial charge is 0.466 e. The molecule has 5 unspecified atom stereocenters. The fraction of sp³-hybridized carbons (Fsp3) is 0.387. The average molecular weight is 503 g/mol. The first-order chi connectivity index (χ1) is 18.2. The van der Waals surface area contributed by atoms with Crippen LogP contribution in [0.3, 0.4) is 0 Å². The molecule has 0 aromatic heterocycles. The van der Waals surface area contributed by atoms with E-state index in [0.29, 0.717) is 32.8 Å². The van der Waals surface area contributed by atoms with Crippen molar-refractivity contribution in [2.24, 2.45) is 11.8 Å². The van der Waals surface area contributed by atoms with Crippen LogP contribution in [0.15, 0.2) is 91.0 Å². The third-order valence-corrected chi connectivity index (χ3v) is 7.25. The van der Waals surface area contributed by atoms with Gasteiger partial charge in [0.15, 0.2) is 5.79 Å². The normalized spacial score (nSPS) is 26.3. The van der Waals surface area contributed by atoms with Crippen molar-refractivity contribution in [1.82, 2.24) is 0 Å². The molecule has 1 saturated heterocycles. The lowest BCUT2D eigenvalue weighted by Crippen LogP contribution is -2.58. The number of carbonyl (C=O) groups excluding carboxylic acids is 1. The Kier molecular flexibility index (Phi) is 8.31. The van der Waals surface area contributed by atoms with Crippen LogP contribution in [0.25, 0.3) is 0 Å². The summed E-state index contributed by atoms with van der Waals surface area (Å²) < 4.78 is 31.4. The quantitative estimate of drug-likeness (QED) is 0.313. The van der Waals surface area contributed by atoms with Gasteiger partial charge in [-0.15, -0.1) is 0 Å². The van der Waals surface area contributed by atoms with Crippen molar-refractivity contribution in [3.05, 3.63) is 108 Å². The Morgan fingerprint density at radius 1 is 0.784 bits per heavy atom. The molecule has 1 aliphatic heterocycles. The zero-order chi connectivity index (χ0) is 25.5. The van der Waals surface area contributed by atoms with Gasteiger partial charge in [-0.05, 0) is 23.1 Å². The highest BCUT2D eigenvalue weighted by molar-refractivity contribution is 5.65. The second-order valence-electron chi connectivity index (χ2n) is 9.67. The van der Waals surface area contributed by atoms with E-state index in [1.54, 1.807) is 0 Å². The predicted octanol–water partition coefficient (Wildman–Crippen LogP) is 5.30. The first-order valence-corrected chi connectivity index (χ1v) is 12.9. The Labute approximate surface area is 218 Å². The van der Waals surface area contributed by atoms with Gasteiger partial charge in [0, 0.05) is 12.8 Å². The molecule has 5 atom stereocenters. The molecule has 37 heavy (non-hydrogen) atoms. The van der Waals surface area contributed by atoms with Crippen LogP contribution in [-0.2, 0) is 48.3 Å². The highest BCUT2D eigenvalue weighted by Gasteiger charge is 2.68. The van der Waals surface area contributed by atoms with Crippen LogP contribution in [0.2, 0.25) is 0 Å². The molecule has 0 N–H and O–H groups in total. The van der Waals surface area contributed by atoms with Gasteiger partial charge in [-0.25, -0.2) is 0 Å². The van der Waals surface area contributed by atoms with Gasteiger partial charge in [-0.3, -0.25) is 4.79 Å². The number of carbonyl (C=O) groups is 1. The second kappa shape index (κ2) is 12.0. The third-order valence-electron chi connectivity index (χ3n) is 7.25. The SMILES string of the molecule is CC(=O)OCCC1C(OCc2ccccc2)C(OCc2ccccc2)C2COC12OCc1ccccc1. The molecular formula is C31H34O6. The van der Waals surface area contributed by atoms with E-state index < -0.39 is 5.79 Å². The monoisotopic (exact) mass is 502 g/mol. The molecule has 1 saturated carbocycles. The van der Waals surface area contributed by atoms with Gasteiger partial charge >= 0.3 is 5.97 Å². The lowest BCUT2D eigenvalue weighted by atomic mass is 9.88. The summed E-state index contributed by atoms with van der Waals surface area (Å²) in [6.45, 7) is 3.56. The van der Waals surface area contributed by atoms with Crippen molar-refractivity contribution in [2.45, 2.75) is 51.2 Å². The Balaban J connectivity index is 1.40. The lowest BCUT2D eigenvalue weighted by Gasteiger charge is -2.48. The van der Waals surface area contributed by atoms with Crippen molar-refractivity contribution in [3.63, 3.8) is 0 Å².